The van der Waals surface area contributed by atoms with Crippen LogP contribution in [-0.4, -0.2) is 110 Å². The van der Waals surface area contributed by atoms with Crippen LogP contribution >= 0.6 is 30.1 Å². The standard InChI is InChI=1S/C51H59ClF3N10O3PS/c1-32-33(2)70-50-47(32)48(35-13-15-36(52)16-14-35)62-43(49(57)65(50)34(3)56)29-45(66)59-23-6-7-24-60-46(67)30-63-26-21-38(22-27-63)61-42-11-8-12-44-41(42)28-39(64(44)31-51(53,54)55)10-9-25-58-37-17-19-40(20-18-37)69(4,5)68/h8,11-20,28,38,43,56-58,61H,6-7,21-27,29-31H2,1-5H3,(H,59,66)(H,60,67)/t43-/m0/s1. The summed E-state index contributed by atoms with van der Waals surface area (Å²) >= 11 is 7.70. The molecule has 7 rings (SSSR count). The largest absolute Gasteiger partial charge is 0.406 e. The minimum Gasteiger partial charge on any atom is -0.382 e. The molecule has 4 heterocycles. The van der Waals surface area contributed by atoms with Crippen molar-refractivity contribution in [3.05, 3.63) is 105 Å². The second-order valence-electron chi connectivity index (χ2n) is 18.1. The van der Waals surface area contributed by atoms with Gasteiger partial charge in [0.15, 0.2) is 0 Å². The van der Waals surface area contributed by atoms with Crippen LogP contribution in [0.3, 0.4) is 0 Å². The van der Waals surface area contributed by atoms with Gasteiger partial charge >= 0.3 is 6.18 Å². The number of amides is 2. The Hall–Kier alpha value is -5.92. The van der Waals surface area contributed by atoms with Crippen molar-refractivity contribution in [3.8, 4) is 11.8 Å². The predicted molar refractivity (Wildman–Crippen MR) is 280 cm³/mol. The first kappa shape index (κ1) is 51.9. The molecule has 0 aliphatic carbocycles. The van der Waals surface area contributed by atoms with E-state index in [0.29, 0.717) is 60.7 Å². The van der Waals surface area contributed by atoms with E-state index in [-0.39, 0.29) is 54.7 Å². The normalized spacial score (nSPS) is 15.7. The van der Waals surface area contributed by atoms with Crippen LogP contribution in [0.15, 0.2) is 77.8 Å². The number of piperidine rings is 1. The number of aryl methyl sites for hydroxylation is 1. The quantitative estimate of drug-likeness (QED) is 0.0188. The lowest BCUT2D eigenvalue weighted by Crippen LogP contribution is -2.44. The Balaban J connectivity index is 0.857. The fourth-order valence-electron chi connectivity index (χ4n) is 8.64. The smallest absolute Gasteiger partial charge is 0.382 e. The number of aliphatic imine (C=N–C) groups is 1. The number of rotatable bonds is 16. The van der Waals surface area contributed by atoms with Crippen LogP contribution in [-0.2, 0) is 20.7 Å². The Bertz CT molecular complexity index is 2890. The maximum atomic E-state index is 13.8. The number of nitrogens with zero attached hydrogens (tertiary/aromatic N) is 4. The van der Waals surface area contributed by atoms with Crippen molar-refractivity contribution < 1.29 is 27.3 Å². The number of unbranched alkanes of at least 4 members (excludes halogenated alkanes) is 1. The van der Waals surface area contributed by atoms with Crippen molar-refractivity contribution in [2.24, 2.45) is 4.99 Å². The summed E-state index contributed by atoms with van der Waals surface area (Å²) in [4.78, 5) is 35.9. The molecule has 1 fully saturated rings. The molecule has 2 aliphatic heterocycles. The number of aromatic nitrogens is 1. The van der Waals surface area contributed by atoms with E-state index in [1.165, 1.54) is 15.9 Å². The van der Waals surface area contributed by atoms with Crippen LogP contribution in [0.4, 0.5) is 29.5 Å². The molecule has 2 aliphatic rings. The maximum absolute atomic E-state index is 13.8. The summed E-state index contributed by atoms with van der Waals surface area (Å²) < 4.78 is 55.0. The summed E-state index contributed by atoms with van der Waals surface area (Å²) in [6, 6.07) is 20.7. The zero-order valence-electron chi connectivity index (χ0n) is 39.9. The lowest BCUT2D eigenvalue weighted by molar-refractivity contribution is -0.140. The molecule has 0 spiro atoms. The maximum Gasteiger partial charge on any atom is 0.406 e. The second-order valence-corrected chi connectivity index (χ2v) is 23.0. The summed E-state index contributed by atoms with van der Waals surface area (Å²) in [5, 5.41) is 33.1. The molecule has 3 aromatic carbocycles. The molecular formula is C51H59ClF3N10O3PS. The van der Waals surface area contributed by atoms with Gasteiger partial charge in [0.2, 0.25) is 11.8 Å². The number of nitrogens with one attached hydrogen (secondary N) is 6. The SMILES string of the molecule is CC(=N)N1C(=N)[C@H](CC(=O)NCCCCNC(=O)CN2CCC(Nc3cccc4c3cc(C#CCNc3ccc(P(C)(C)=O)cc3)n4CC(F)(F)F)CC2)N=C(c2ccc(Cl)cc2)c2c1sc(C)c2C. The van der Waals surface area contributed by atoms with Gasteiger partial charge in [-0.25, -0.2) is 0 Å². The van der Waals surface area contributed by atoms with E-state index < -0.39 is 25.9 Å². The number of likely N-dealkylation sites (tertiary alicyclic amines) is 1. The van der Waals surface area contributed by atoms with Crippen LogP contribution < -0.4 is 31.5 Å². The van der Waals surface area contributed by atoms with Crippen molar-refractivity contribution in [2.75, 3.05) is 68.1 Å². The molecule has 370 valence electrons. The summed E-state index contributed by atoms with van der Waals surface area (Å²) in [5.41, 5.74) is 5.48. The van der Waals surface area contributed by atoms with Gasteiger partial charge < -0.3 is 30.4 Å². The summed E-state index contributed by atoms with van der Waals surface area (Å²) in [6.45, 7) is 10.5. The minimum absolute atomic E-state index is 0.0529. The van der Waals surface area contributed by atoms with Crippen LogP contribution in [0.1, 0.15) is 66.3 Å². The molecule has 13 nitrogen and oxygen atoms in total. The number of anilines is 3. The second kappa shape index (κ2) is 22.4. The van der Waals surface area contributed by atoms with E-state index in [0.717, 1.165) is 56.1 Å². The third-order valence-corrected chi connectivity index (χ3v) is 15.4. The van der Waals surface area contributed by atoms with Crippen LogP contribution in [0, 0.1) is 36.5 Å². The Morgan fingerprint density at radius 2 is 1.64 bits per heavy atom. The van der Waals surface area contributed by atoms with Crippen LogP contribution in [0.5, 0.6) is 0 Å². The van der Waals surface area contributed by atoms with Crippen molar-refractivity contribution in [3.63, 3.8) is 0 Å². The number of carbonyl (C=O) groups is 2. The lowest BCUT2D eigenvalue weighted by Gasteiger charge is -2.32. The fourth-order valence-corrected chi connectivity index (χ4v) is 10.9. The summed E-state index contributed by atoms with van der Waals surface area (Å²) in [7, 11) is -2.39. The van der Waals surface area contributed by atoms with Crippen molar-refractivity contribution in [1.82, 2.24) is 20.1 Å². The van der Waals surface area contributed by atoms with E-state index in [1.54, 1.807) is 67.6 Å². The average Bonchev–Trinajstić information content (AvgIpc) is 3.75. The number of hydrogen-bond acceptors (Lipinski definition) is 10. The molecule has 0 radical (unpaired) electrons. The highest BCUT2D eigenvalue weighted by Crippen LogP contribution is 2.40. The van der Waals surface area contributed by atoms with Gasteiger partial charge in [0, 0.05) is 75.3 Å². The first-order chi connectivity index (χ1) is 33.3. The van der Waals surface area contributed by atoms with Gasteiger partial charge in [-0.3, -0.25) is 35.2 Å². The number of halogens is 4. The van der Waals surface area contributed by atoms with Gasteiger partial charge in [-0.2, -0.15) is 13.2 Å². The van der Waals surface area contributed by atoms with E-state index in [2.05, 4.69) is 38.0 Å². The molecule has 0 saturated carbocycles. The molecule has 19 heteroatoms. The van der Waals surface area contributed by atoms with Crippen molar-refractivity contribution in [2.45, 2.75) is 77.7 Å². The molecule has 1 saturated heterocycles. The number of fused-ring (bicyclic) bond motifs is 2. The number of alkyl halides is 3. The molecular weight excluding hydrogens is 956 g/mol. The zero-order chi connectivity index (χ0) is 50.3. The van der Waals surface area contributed by atoms with Gasteiger partial charge in [0.1, 0.15) is 36.4 Å². The van der Waals surface area contributed by atoms with Gasteiger partial charge in [-0.1, -0.05) is 35.7 Å². The molecule has 6 N–H and O–H groups in total. The molecule has 5 aromatic rings. The highest BCUT2D eigenvalue weighted by molar-refractivity contribution is 7.70. The van der Waals surface area contributed by atoms with Crippen molar-refractivity contribution >= 4 is 91.9 Å². The number of thiophene rings is 1. The third kappa shape index (κ3) is 13.1. The zero-order valence-corrected chi connectivity index (χ0v) is 42.4. The number of benzene rings is 3. The predicted octanol–water partition coefficient (Wildman–Crippen LogP) is 9.23. The highest BCUT2D eigenvalue weighted by Gasteiger charge is 2.35. The average molecular weight is 1020 g/mol. The van der Waals surface area contributed by atoms with Gasteiger partial charge in [-0.05, 0) is 126 Å². The van der Waals surface area contributed by atoms with Crippen LogP contribution in [0.2, 0.25) is 5.02 Å². The number of amidine groups is 2. The number of carbonyl (C=O) groups excluding carboxylic acids is 2. The Morgan fingerprint density at radius 1 is 0.971 bits per heavy atom. The molecule has 70 heavy (non-hydrogen) atoms. The Morgan fingerprint density at radius 3 is 2.29 bits per heavy atom. The van der Waals surface area contributed by atoms with Gasteiger partial charge in [-0.15, -0.1) is 11.3 Å². The molecule has 2 amide bonds. The summed E-state index contributed by atoms with van der Waals surface area (Å²) in [5.74, 6) is 5.77. The molecule has 0 unspecified atom stereocenters. The molecule has 2 aromatic heterocycles. The van der Waals surface area contributed by atoms with Crippen molar-refractivity contribution in [1.29, 1.82) is 10.8 Å². The van der Waals surface area contributed by atoms with Gasteiger partial charge in [0.25, 0.3) is 0 Å². The fraction of sp³-hybridized carbons (Fsp3) is 0.392. The van der Waals surface area contributed by atoms with E-state index >= 15 is 0 Å². The first-order valence-electron chi connectivity index (χ1n) is 23.2. The first-order valence-corrected chi connectivity index (χ1v) is 27.0. The topological polar surface area (TPSA) is 171 Å². The van der Waals surface area contributed by atoms with Crippen LogP contribution in [0.25, 0.3) is 10.9 Å². The lowest BCUT2D eigenvalue weighted by atomic mass is 9.99. The minimum atomic E-state index is -4.45. The molecule has 1 atom stereocenters. The molecule has 0 bridgehead atoms. The van der Waals surface area contributed by atoms with E-state index in [1.807, 2.05) is 44.2 Å². The Labute approximate surface area is 416 Å². The highest BCUT2D eigenvalue weighted by atomic mass is 35.5. The number of hydrogen-bond donors (Lipinski definition) is 6. The van der Waals surface area contributed by atoms with E-state index in [4.69, 9.17) is 27.4 Å². The van der Waals surface area contributed by atoms with E-state index in [9.17, 15) is 27.3 Å². The third-order valence-electron chi connectivity index (χ3n) is 12.4. The Kier molecular flexibility index (Phi) is 16.6. The van der Waals surface area contributed by atoms with Gasteiger partial charge in [0.05, 0.1) is 36.4 Å². The monoisotopic (exact) mass is 1010 g/mol. The summed E-state index contributed by atoms with van der Waals surface area (Å²) in [6.07, 6.45) is -1.78.